The number of amides is 1. The summed E-state index contributed by atoms with van der Waals surface area (Å²) in [5, 5.41) is 5.93. The predicted octanol–water partition coefficient (Wildman–Crippen LogP) is 1.01. The van der Waals surface area contributed by atoms with Crippen molar-refractivity contribution in [2.45, 2.75) is 26.2 Å². The Hall–Kier alpha value is -1.85. The van der Waals surface area contributed by atoms with E-state index in [9.17, 15) is 4.79 Å². The fourth-order valence-electron chi connectivity index (χ4n) is 2.17. The van der Waals surface area contributed by atoms with Crippen molar-refractivity contribution in [3.8, 4) is 0 Å². The molecule has 104 valence electrons. The third kappa shape index (κ3) is 4.39. The van der Waals surface area contributed by atoms with E-state index in [1.807, 2.05) is 6.07 Å². The molecule has 6 heteroatoms. The number of rotatable bonds is 5. The molecule has 2 rings (SSSR count). The lowest BCUT2D eigenvalue weighted by molar-refractivity contribution is -0.118. The van der Waals surface area contributed by atoms with Gasteiger partial charge in [-0.25, -0.2) is 9.97 Å². The number of carbonyl (C=O) groups is 1. The van der Waals surface area contributed by atoms with E-state index in [4.69, 9.17) is 0 Å². The van der Waals surface area contributed by atoms with E-state index < -0.39 is 0 Å². The number of hydrogen-bond donors (Lipinski definition) is 2. The fourth-order valence-corrected chi connectivity index (χ4v) is 2.17. The van der Waals surface area contributed by atoms with Crippen molar-refractivity contribution < 1.29 is 4.79 Å². The summed E-state index contributed by atoms with van der Waals surface area (Å²) >= 11 is 0. The van der Waals surface area contributed by atoms with Gasteiger partial charge in [-0.15, -0.1) is 0 Å². The van der Waals surface area contributed by atoms with Gasteiger partial charge in [0, 0.05) is 39.2 Å². The van der Waals surface area contributed by atoms with Gasteiger partial charge in [0.25, 0.3) is 0 Å². The quantitative estimate of drug-likeness (QED) is 0.776. The molecule has 19 heavy (non-hydrogen) atoms. The maximum Gasteiger partial charge on any atom is 0.216 e. The van der Waals surface area contributed by atoms with Gasteiger partial charge in [-0.05, 0) is 19.3 Å². The standard InChI is InChI=1S/C13H21N5O/c1-11(19)14-5-6-15-12-9-13(17-10-16-12)18-7-3-2-4-8-18/h9-10H,2-8H2,1H3,(H,14,19)(H,15,16,17). The minimum atomic E-state index is -0.0153. The molecule has 0 saturated carbocycles. The molecular weight excluding hydrogens is 242 g/mol. The van der Waals surface area contributed by atoms with E-state index >= 15 is 0 Å². The van der Waals surface area contributed by atoms with Gasteiger partial charge in [0.1, 0.15) is 18.0 Å². The number of hydrogen-bond acceptors (Lipinski definition) is 5. The summed E-state index contributed by atoms with van der Waals surface area (Å²) in [6.07, 6.45) is 5.36. The molecule has 2 heterocycles. The first-order valence-corrected chi connectivity index (χ1v) is 6.81. The van der Waals surface area contributed by atoms with Gasteiger partial charge in [0.2, 0.25) is 5.91 Å². The molecule has 0 radical (unpaired) electrons. The van der Waals surface area contributed by atoms with Gasteiger partial charge in [0.05, 0.1) is 0 Å². The molecule has 0 unspecified atom stereocenters. The average Bonchev–Trinajstić information content (AvgIpc) is 2.45. The van der Waals surface area contributed by atoms with Gasteiger partial charge in [-0.3, -0.25) is 4.79 Å². The minimum absolute atomic E-state index is 0.0153. The van der Waals surface area contributed by atoms with Crippen LogP contribution in [0.3, 0.4) is 0 Å². The zero-order chi connectivity index (χ0) is 13.5. The van der Waals surface area contributed by atoms with Crippen LogP contribution in [-0.4, -0.2) is 42.1 Å². The minimum Gasteiger partial charge on any atom is -0.368 e. The van der Waals surface area contributed by atoms with Crippen LogP contribution in [0.1, 0.15) is 26.2 Å². The van der Waals surface area contributed by atoms with Crippen LogP contribution in [0.5, 0.6) is 0 Å². The molecule has 1 aromatic rings. The van der Waals surface area contributed by atoms with Gasteiger partial charge < -0.3 is 15.5 Å². The van der Waals surface area contributed by atoms with Crippen LogP contribution in [0.4, 0.5) is 11.6 Å². The van der Waals surface area contributed by atoms with Crippen LogP contribution in [0, 0.1) is 0 Å². The molecule has 1 aliphatic heterocycles. The van der Waals surface area contributed by atoms with Crippen molar-refractivity contribution in [1.82, 2.24) is 15.3 Å². The molecule has 1 saturated heterocycles. The highest BCUT2D eigenvalue weighted by atomic mass is 16.1. The van der Waals surface area contributed by atoms with Crippen molar-refractivity contribution in [2.75, 3.05) is 36.4 Å². The lowest BCUT2D eigenvalue weighted by atomic mass is 10.1. The molecule has 0 aliphatic carbocycles. The SMILES string of the molecule is CC(=O)NCCNc1cc(N2CCCCC2)ncn1. The predicted molar refractivity (Wildman–Crippen MR) is 75.3 cm³/mol. The monoisotopic (exact) mass is 263 g/mol. The van der Waals surface area contributed by atoms with Crippen LogP contribution < -0.4 is 15.5 Å². The highest BCUT2D eigenvalue weighted by molar-refractivity contribution is 5.72. The Morgan fingerprint density at radius 3 is 2.79 bits per heavy atom. The number of anilines is 2. The number of piperidine rings is 1. The molecule has 1 aromatic heterocycles. The Balaban J connectivity index is 1.85. The lowest BCUT2D eigenvalue weighted by Gasteiger charge is -2.27. The number of nitrogens with one attached hydrogen (secondary N) is 2. The number of carbonyl (C=O) groups excluding carboxylic acids is 1. The molecular formula is C13H21N5O. The van der Waals surface area contributed by atoms with E-state index in [0.29, 0.717) is 13.1 Å². The average molecular weight is 263 g/mol. The normalized spacial score (nSPS) is 15.1. The van der Waals surface area contributed by atoms with Crippen molar-refractivity contribution >= 4 is 17.5 Å². The molecule has 1 aliphatic rings. The summed E-state index contributed by atoms with van der Waals surface area (Å²) in [5.74, 6) is 1.77. The first-order valence-electron chi connectivity index (χ1n) is 6.81. The van der Waals surface area contributed by atoms with Crippen LogP contribution >= 0.6 is 0 Å². The first kappa shape index (κ1) is 13.6. The Bertz CT molecular complexity index is 417. The number of nitrogens with zero attached hydrogens (tertiary/aromatic N) is 3. The van der Waals surface area contributed by atoms with Crippen molar-refractivity contribution in [1.29, 1.82) is 0 Å². The maximum atomic E-state index is 10.7. The second-order valence-corrected chi connectivity index (χ2v) is 4.72. The van der Waals surface area contributed by atoms with Crippen molar-refractivity contribution in [3.63, 3.8) is 0 Å². The highest BCUT2D eigenvalue weighted by Gasteiger charge is 2.12. The topological polar surface area (TPSA) is 70.2 Å². The summed E-state index contributed by atoms with van der Waals surface area (Å²) in [5.41, 5.74) is 0. The third-order valence-electron chi connectivity index (χ3n) is 3.14. The molecule has 2 N–H and O–H groups in total. The van der Waals surface area contributed by atoms with E-state index in [0.717, 1.165) is 24.7 Å². The Morgan fingerprint density at radius 1 is 1.26 bits per heavy atom. The summed E-state index contributed by atoms with van der Waals surface area (Å²) < 4.78 is 0. The molecule has 0 aromatic carbocycles. The lowest BCUT2D eigenvalue weighted by Crippen LogP contribution is -2.30. The van der Waals surface area contributed by atoms with Crippen LogP contribution in [0.25, 0.3) is 0 Å². The zero-order valence-electron chi connectivity index (χ0n) is 11.4. The molecule has 0 spiro atoms. The van der Waals surface area contributed by atoms with Crippen LogP contribution in [-0.2, 0) is 4.79 Å². The number of aromatic nitrogens is 2. The second-order valence-electron chi connectivity index (χ2n) is 4.72. The summed E-state index contributed by atoms with van der Waals surface area (Å²) in [6.45, 7) is 4.91. The third-order valence-corrected chi connectivity index (χ3v) is 3.14. The van der Waals surface area contributed by atoms with E-state index in [-0.39, 0.29) is 5.91 Å². The maximum absolute atomic E-state index is 10.7. The largest absolute Gasteiger partial charge is 0.368 e. The molecule has 1 amide bonds. The van der Waals surface area contributed by atoms with Crippen LogP contribution in [0.2, 0.25) is 0 Å². The van der Waals surface area contributed by atoms with Gasteiger partial charge >= 0.3 is 0 Å². The van der Waals surface area contributed by atoms with E-state index in [2.05, 4.69) is 25.5 Å². The molecule has 0 atom stereocenters. The van der Waals surface area contributed by atoms with Gasteiger partial charge in [-0.1, -0.05) is 0 Å². The zero-order valence-corrected chi connectivity index (χ0v) is 11.4. The highest BCUT2D eigenvalue weighted by Crippen LogP contribution is 2.18. The molecule has 1 fully saturated rings. The summed E-state index contributed by atoms with van der Waals surface area (Å²) in [4.78, 5) is 21.6. The molecule has 0 bridgehead atoms. The Labute approximate surface area is 113 Å². The van der Waals surface area contributed by atoms with Gasteiger partial charge in [-0.2, -0.15) is 0 Å². The Morgan fingerprint density at radius 2 is 2.05 bits per heavy atom. The van der Waals surface area contributed by atoms with Crippen molar-refractivity contribution in [3.05, 3.63) is 12.4 Å². The smallest absolute Gasteiger partial charge is 0.216 e. The van der Waals surface area contributed by atoms with E-state index in [1.165, 1.54) is 26.2 Å². The molecule has 6 nitrogen and oxygen atoms in total. The van der Waals surface area contributed by atoms with Crippen LogP contribution in [0.15, 0.2) is 12.4 Å². The summed E-state index contributed by atoms with van der Waals surface area (Å²) in [7, 11) is 0. The second kappa shape index (κ2) is 6.92. The Kier molecular flexibility index (Phi) is 4.94. The van der Waals surface area contributed by atoms with E-state index in [1.54, 1.807) is 6.33 Å². The fraction of sp³-hybridized carbons (Fsp3) is 0.615. The van der Waals surface area contributed by atoms with Crippen molar-refractivity contribution in [2.24, 2.45) is 0 Å². The summed E-state index contributed by atoms with van der Waals surface area (Å²) in [6, 6.07) is 1.97. The van der Waals surface area contributed by atoms with Gasteiger partial charge in [0.15, 0.2) is 0 Å². The first-order chi connectivity index (χ1) is 9.25.